The van der Waals surface area contributed by atoms with Gasteiger partial charge in [-0.25, -0.2) is 14.8 Å². The first-order valence-corrected chi connectivity index (χ1v) is 12.8. The number of benzene rings is 4. The van der Waals surface area contributed by atoms with E-state index in [9.17, 15) is 24.5 Å². The summed E-state index contributed by atoms with van der Waals surface area (Å²) in [6.07, 6.45) is -1.14. The van der Waals surface area contributed by atoms with Crippen LogP contribution in [-0.4, -0.2) is 28.8 Å². The van der Waals surface area contributed by atoms with Crippen LogP contribution in [0.2, 0.25) is 0 Å². The number of anilines is 2. The summed E-state index contributed by atoms with van der Waals surface area (Å²) in [6.45, 7) is 1.81. The standard InChI is InChI=1S/C31H23N3O7/c1-19-8-5-6-13-25(19)32-29(35)26-27(20-14-16-24(17-15-20)40-31(37)21-9-3-2-4-10-21)33(41-28(26)30(32)36)22-11-7-12-23(18-22)34(38)39/h2-18,26-28H,1H3/t26-,27+,28-/m1/s1. The van der Waals surface area contributed by atoms with Gasteiger partial charge in [0.1, 0.15) is 11.7 Å². The Morgan fingerprint density at radius 1 is 0.878 bits per heavy atom. The van der Waals surface area contributed by atoms with Gasteiger partial charge in [0.05, 0.1) is 27.9 Å². The SMILES string of the molecule is Cc1ccccc1N1C(=O)[C@H]2[C@@H](ON(c3cccc([N+](=O)[O-])c3)[C@H]2c2ccc(OC(=O)c3ccccc3)cc2)C1=O. The number of hydrogen-bond acceptors (Lipinski definition) is 8. The van der Waals surface area contributed by atoms with Gasteiger partial charge >= 0.3 is 5.97 Å². The van der Waals surface area contributed by atoms with Gasteiger partial charge in [-0.15, -0.1) is 0 Å². The molecule has 204 valence electrons. The van der Waals surface area contributed by atoms with E-state index >= 15 is 0 Å². The summed E-state index contributed by atoms with van der Waals surface area (Å²) in [4.78, 5) is 58.2. The molecule has 10 heteroatoms. The summed E-state index contributed by atoms with van der Waals surface area (Å²) in [5.74, 6) is -2.12. The maximum absolute atomic E-state index is 13.9. The third-order valence-corrected chi connectivity index (χ3v) is 7.21. The Morgan fingerprint density at radius 3 is 2.29 bits per heavy atom. The molecule has 2 fully saturated rings. The lowest BCUT2D eigenvalue weighted by molar-refractivity contribution is -0.384. The van der Waals surface area contributed by atoms with E-state index in [2.05, 4.69) is 0 Å². The van der Waals surface area contributed by atoms with E-state index in [1.165, 1.54) is 23.3 Å². The van der Waals surface area contributed by atoms with E-state index in [-0.39, 0.29) is 11.4 Å². The normalized spacial score (nSPS) is 19.8. The van der Waals surface area contributed by atoms with Crippen molar-refractivity contribution in [3.8, 4) is 5.75 Å². The van der Waals surface area contributed by atoms with Crippen LogP contribution in [-0.2, 0) is 14.4 Å². The van der Waals surface area contributed by atoms with Crippen LogP contribution in [0, 0.1) is 23.0 Å². The van der Waals surface area contributed by atoms with Crippen LogP contribution in [0.25, 0.3) is 0 Å². The first-order valence-electron chi connectivity index (χ1n) is 12.8. The van der Waals surface area contributed by atoms with Gasteiger partial charge in [-0.05, 0) is 54.4 Å². The molecule has 0 unspecified atom stereocenters. The number of carbonyl (C=O) groups is 3. The second-order valence-corrected chi connectivity index (χ2v) is 9.72. The topological polar surface area (TPSA) is 119 Å². The van der Waals surface area contributed by atoms with Gasteiger partial charge in [-0.1, -0.05) is 54.6 Å². The Bertz CT molecular complexity index is 1670. The summed E-state index contributed by atoms with van der Waals surface area (Å²) >= 11 is 0. The molecule has 4 aromatic carbocycles. The number of imide groups is 1. The quantitative estimate of drug-likeness (QED) is 0.106. The number of hydroxylamine groups is 1. The molecule has 0 spiro atoms. The Morgan fingerprint density at radius 2 is 1.59 bits per heavy atom. The number of nitrogens with zero attached hydrogens (tertiary/aromatic N) is 3. The highest BCUT2D eigenvalue weighted by molar-refractivity contribution is 6.24. The molecular formula is C31H23N3O7. The number of amides is 2. The van der Waals surface area contributed by atoms with E-state index in [1.54, 1.807) is 72.8 Å². The number of rotatable bonds is 6. The largest absolute Gasteiger partial charge is 0.423 e. The Balaban J connectivity index is 1.37. The number of aryl methyl sites for hydroxylation is 1. The lowest BCUT2D eigenvalue weighted by Crippen LogP contribution is -2.37. The third-order valence-electron chi connectivity index (χ3n) is 7.21. The van der Waals surface area contributed by atoms with Crippen LogP contribution < -0.4 is 14.7 Å². The van der Waals surface area contributed by atoms with Crippen LogP contribution in [0.4, 0.5) is 17.1 Å². The summed E-state index contributed by atoms with van der Waals surface area (Å²) in [5, 5.41) is 12.9. The van der Waals surface area contributed by atoms with Gasteiger partial charge in [0.25, 0.3) is 11.6 Å². The molecule has 2 amide bonds. The van der Waals surface area contributed by atoms with Crippen molar-refractivity contribution in [2.75, 3.05) is 9.96 Å². The zero-order chi connectivity index (χ0) is 28.7. The number of carbonyl (C=O) groups excluding carboxylic acids is 3. The minimum absolute atomic E-state index is 0.163. The van der Waals surface area contributed by atoms with E-state index in [1.807, 2.05) is 19.1 Å². The molecule has 41 heavy (non-hydrogen) atoms. The first kappa shape index (κ1) is 25.9. The van der Waals surface area contributed by atoms with Crippen molar-refractivity contribution in [3.05, 3.63) is 130 Å². The maximum atomic E-state index is 13.9. The molecule has 2 aliphatic rings. The molecule has 0 saturated carbocycles. The first-order chi connectivity index (χ1) is 19.8. The van der Waals surface area contributed by atoms with Gasteiger partial charge in [-0.3, -0.25) is 24.5 Å². The van der Waals surface area contributed by atoms with Crippen molar-refractivity contribution in [1.29, 1.82) is 0 Å². The Labute approximate surface area is 234 Å². The lowest BCUT2D eigenvalue weighted by Gasteiger charge is -2.29. The molecule has 10 nitrogen and oxygen atoms in total. The van der Waals surface area contributed by atoms with E-state index in [0.29, 0.717) is 22.5 Å². The minimum atomic E-state index is -1.14. The molecule has 6 rings (SSSR count). The van der Waals surface area contributed by atoms with Gasteiger partial charge in [0.2, 0.25) is 5.91 Å². The number of ether oxygens (including phenoxy) is 1. The van der Waals surface area contributed by atoms with Crippen molar-refractivity contribution in [2.45, 2.75) is 19.1 Å². The fraction of sp³-hybridized carbons (Fsp3) is 0.129. The highest BCUT2D eigenvalue weighted by Gasteiger charge is 2.60. The average Bonchev–Trinajstić information content (AvgIpc) is 3.50. The van der Waals surface area contributed by atoms with Crippen molar-refractivity contribution in [3.63, 3.8) is 0 Å². The van der Waals surface area contributed by atoms with Gasteiger partial charge in [-0.2, -0.15) is 0 Å². The highest BCUT2D eigenvalue weighted by atomic mass is 16.7. The smallest absolute Gasteiger partial charge is 0.343 e. The number of esters is 1. The van der Waals surface area contributed by atoms with Crippen molar-refractivity contribution >= 4 is 34.8 Å². The molecular weight excluding hydrogens is 526 g/mol. The number of para-hydroxylation sites is 1. The van der Waals surface area contributed by atoms with Crippen molar-refractivity contribution < 1.29 is 28.9 Å². The molecule has 0 aliphatic carbocycles. The predicted molar refractivity (Wildman–Crippen MR) is 148 cm³/mol. The molecule has 0 aromatic heterocycles. The van der Waals surface area contributed by atoms with Crippen LogP contribution in [0.5, 0.6) is 5.75 Å². The summed E-state index contributed by atoms with van der Waals surface area (Å²) in [7, 11) is 0. The van der Waals surface area contributed by atoms with Gasteiger partial charge in [0.15, 0.2) is 6.10 Å². The molecule has 3 atom stereocenters. The Hall–Kier alpha value is -5.35. The second kappa shape index (κ2) is 10.3. The monoisotopic (exact) mass is 549 g/mol. The molecule has 2 aliphatic heterocycles. The molecule has 2 saturated heterocycles. The Kier molecular flexibility index (Phi) is 6.52. The number of nitro groups is 1. The molecule has 4 aromatic rings. The average molecular weight is 550 g/mol. The summed E-state index contributed by atoms with van der Waals surface area (Å²) < 4.78 is 5.50. The highest BCUT2D eigenvalue weighted by Crippen LogP contribution is 2.48. The summed E-state index contributed by atoms with van der Waals surface area (Å²) in [6, 6.07) is 27.2. The number of hydrogen-bond donors (Lipinski definition) is 0. The number of nitro benzene ring substituents is 1. The van der Waals surface area contributed by atoms with Crippen LogP contribution in [0.3, 0.4) is 0 Å². The minimum Gasteiger partial charge on any atom is -0.423 e. The molecule has 2 heterocycles. The van der Waals surface area contributed by atoms with E-state index in [0.717, 1.165) is 10.5 Å². The van der Waals surface area contributed by atoms with Crippen molar-refractivity contribution in [2.24, 2.45) is 5.92 Å². The van der Waals surface area contributed by atoms with Gasteiger partial charge in [0, 0.05) is 12.1 Å². The number of non-ortho nitro benzene ring substituents is 1. The van der Waals surface area contributed by atoms with Crippen LogP contribution in [0.1, 0.15) is 27.5 Å². The maximum Gasteiger partial charge on any atom is 0.343 e. The van der Waals surface area contributed by atoms with Crippen LogP contribution in [0.15, 0.2) is 103 Å². The zero-order valence-electron chi connectivity index (χ0n) is 21.7. The van der Waals surface area contributed by atoms with Crippen LogP contribution >= 0.6 is 0 Å². The van der Waals surface area contributed by atoms with Gasteiger partial charge < -0.3 is 4.74 Å². The fourth-order valence-electron chi connectivity index (χ4n) is 5.25. The molecule has 0 radical (unpaired) electrons. The third kappa shape index (κ3) is 4.60. The lowest BCUT2D eigenvalue weighted by atomic mass is 9.90. The predicted octanol–water partition coefficient (Wildman–Crippen LogP) is 5.17. The molecule has 0 N–H and O–H groups in total. The number of fused-ring (bicyclic) bond motifs is 1. The summed E-state index contributed by atoms with van der Waals surface area (Å²) in [5.41, 5.74) is 2.38. The fourth-order valence-corrected chi connectivity index (χ4v) is 5.25. The second-order valence-electron chi connectivity index (χ2n) is 9.72. The van der Waals surface area contributed by atoms with E-state index < -0.39 is 40.8 Å². The van der Waals surface area contributed by atoms with Crippen molar-refractivity contribution in [1.82, 2.24) is 0 Å². The zero-order valence-corrected chi connectivity index (χ0v) is 21.7. The van der Waals surface area contributed by atoms with E-state index in [4.69, 9.17) is 9.57 Å². The molecule has 0 bridgehead atoms.